The van der Waals surface area contributed by atoms with Crippen molar-refractivity contribution in [1.29, 1.82) is 0 Å². The Labute approximate surface area is 138 Å². The molecule has 1 aromatic rings. The summed E-state index contributed by atoms with van der Waals surface area (Å²) in [6, 6.07) is 3.79. The molecule has 1 aliphatic carbocycles. The van der Waals surface area contributed by atoms with Gasteiger partial charge in [0.2, 0.25) is 15.9 Å². The molecule has 23 heavy (non-hydrogen) atoms. The highest BCUT2D eigenvalue weighted by atomic mass is 32.2. The van der Waals surface area contributed by atoms with Gasteiger partial charge in [-0.05, 0) is 50.2 Å². The quantitative estimate of drug-likeness (QED) is 0.787. The molecule has 0 spiro atoms. The van der Waals surface area contributed by atoms with Gasteiger partial charge < -0.3 is 5.32 Å². The summed E-state index contributed by atoms with van der Waals surface area (Å²) in [6.45, 7) is 2.62. The van der Waals surface area contributed by atoms with Gasteiger partial charge in [-0.1, -0.05) is 6.07 Å². The normalized spacial score (nSPS) is 21.8. The van der Waals surface area contributed by atoms with Crippen LogP contribution in [-0.2, 0) is 21.4 Å². The number of nitrogens with one attached hydrogen (secondary N) is 2. The first-order chi connectivity index (χ1) is 11.0. The van der Waals surface area contributed by atoms with Gasteiger partial charge in [0.15, 0.2) is 0 Å². The predicted octanol–water partition coefficient (Wildman–Crippen LogP) is 1.44. The number of rotatable bonds is 7. The first-order valence-corrected chi connectivity index (χ1v) is 9.79. The van der Waals surface area contributed by atoms with E-state index in [1.165, 1.54) is 0 Å². The molecule has 0 radical (unpaired) electrons. The van der Waals surface area contributed by atoms with E-state index in [1.807, 2.05) is 12.1 Å². The van der Waals surface area contributed by atoms with Gasteiger partial charge in [-0.15, -0.1) is 0 Å². The molecule has 128 valence electrons. The average molecular weight is 339 g/mol. The minimum atomic E-state index is -3.12. The molecule has 1 aliphatic rings. The molecule has 7 heteroatoms. The molecule has 2 rings (SSSR count). The van der Waals surface area contributed by atoms with Gasteiger partial charge in [-0.2, -0.15) is 0 Å². The van der Waals surface area contributed by atoms with Crippen LogP contribution in [0.5, 0.6) is 0 Å². The lowest BCUT2D eigenvalue weighted by Gasteiger charge is -2.27. The predicted molar refractivity (Wildman–Crippen MR) is 89.0 cm³/mol. The van der Waals surface area contributed by atoms with Gasteiger partial charge in [-0.25, -0.2) is 13.1 Å². The van der Waals surface area contributed by atoms with Crippen molar-refractivity contribution in [3.8, 4) is 0 Å². The van der Waals surface area contributed by atoms with Crippen molar-refractivity contribution >= 4 is 15.9 Å². The summed E-state index contributed by atoms with van der Waals surface area (Å²) in [5.41, 5.74) is 0.989. The first-order valence-electron chi connectivity index (χ1n) is 8.14. The zero-order valence-corrected chi connectivity index (χ0v) is 14.3. The van der Waals surface area contributed by atoms with Gasteiger partial charge in [-0.3, -0.25) is 9.78 Å². The third-order valence-corrected chi connectivity index (χ3v) is 5.75. The zero-order valence-electron chi connectivity index (χ0n) is 13.5. The van der Waals surface area contributed by atoms with Gasteiger partial charge in [0.1, 0.15) is 0 Å². The molecule has 0 bridgehead atoms. The fourth-order valence-electron chi connectivity index (χ4n) is 2.81. The minimum absolute atomic E-state index is 0.0331. The monoisotopic (exact) mass is 339 g/mol. The molecule has 1 heterocycles. The van der Waals surface area contributed by atoms with Crippen molar-refractivity contribution < 1.29 is 13.2 Å². The van der Waals surface area contributed by atoms with E-state index < -0.39 is 10.0 Å². The first kappa shape index (κ1) is 17.9. The summed E-state index contributed by atoms with van der Waals surface area (Å²) in [5.74, 6) is 0.560. The number of sulfonamides is 1. The Kier molecular flexibility index (Phi) is 6.53. The van der Waals surface area contributed by atoms with Crippen LogP contribution < -0.4 is 10.0 Å². The SMILES string of the molecule is CCS(=O)(=O)NCC1CCC(C(=O)NCc2cccnc2)CC1. The van der Waals surface area contributed by atoms with Crippen LogP contribution >= 0.6 is 0 Å². The molecular weight excluding hydrogens is 314 g/mol. The lowest BCUT2D eigenvalue weighted by molar-refractivity contribution is -0.126. The molecular formula is C16H25N3O3S. The Hall–Kier alpha value is -1.47. The molecule has 0 atom stereocenters. The third kappa shape index (κ3) is 5.91. The van der Waals surface area contributed by atoms with Crippen molar-refractivity contribution in [3.05, 3.63) is 30.1 Å². The van der Waals surface area contributed by atoms with E-state index in [0.717, 1.165) is 31.2 Å². The number of aromatic nitrogens is 1. The molecule has 1 saturated carbocycles. The van der Waals surface area contributed by atoms with E-state index in [4.69, 9.17) is 0 Å². The number of amides is 1. The van der Waals surface area contributed by atoms with Crippen LogP contribution in [-0.4, -0.2) is 31.6 Å². The van der Waals surface area contributed by atoms with Crippen LogP contribution in [0, 0.1) is 11.8 Å². The molecule has 0 saturated heterocycles. The topological polar surface area (TPSA) is 88.2 Å². The van der Waals surface area contributed by atoms with Crippen LogP contribution in [0.15, 0.2) is 24.5 Å². The molecule has 6 nitrogen and oxygen atoms in total. The number of nitrogens with zero attached hydrogens (tertiary/aromatic N) is 1. The second-order valence-electron chi connectivity index (χ2n) is 6.05. The summed E-state index contributed by atoms with van der Waals surface area (Å²) in [6.07, 6.45) is 6.86. The third-order valence-electron chi connectivity index (χ3n) is 4.38. The number of hydrogen-bond acceptors (Lipinski definition) is 4. The maximum absolute atomic E-state index is 12.2. The highest BCUT2D eigenvalue weighted by Crippen LogP contribution is 2.28. The Bertz CT molecular complexity index is 596. The Balaban J connectivity index is 1.70. The fourth-order valence-corrected chi connectivity index (χ4v) is 3.51. The van der Waals surface area contributed by atoms with E-state index in [1.54, 1.807) is 19.3 Å². The van der Waals surface area contributed by atoms with Crippen LogP contribution in [0.3, 0.4) is 0 Å². The van der Waals surface area contributed by atoms with Crippen molar-refractivity contribution in [2.24, 2.45) is 11.8 Å². The van der Waals surface area contributed by atoms with Gasteiger partial charge >= 0.3 is 0 Å². The lowest BCUT2D eigenvalue weighted by atomic mass is 9.81. The molecule has 0 aromatic carbocycles. The number of hydrogen-bond donors (Lipinski definition) is 2. The Morgan fingerprint density at radius 2 is 2.04 bits per heavy atom. The van der Waals surface area contributed by atoms with Crippen LogP contribution in [0.4, 0.5) is 0 Å². The van der Waals surface area contributed by atoms with Crippen molar-refractivity contribution in [3.63, 3.8) is 0 Å². The fraction of sp³-hybridized carbons (Fsp3) is 0.625. The van der Waals surface area contributed by atoms with E-state index >= 15 is 0 Å². The van der Waals surface area contributed by atoms with E-state index in [9.17, 15) is 13.2 Å². The van der Waals surface area contributed by atoms with Crippen molar-refractivity contribution in [2.45, 2.75) is 39.2 Å². The van der Waals surface area contributed by atoms with Crippen molar-refractivity contribution in [1.82, 2.24) is 15.0 Å². The van der Waals surface area contributed by atoms with E-state index in [-0.39, 0.29) is 17.6 Å². The summed E-state index contributed by atoms with van der Waals surface area (Å²) >= 11 is 0. The van der Waals surface area contributed by atoms with Crippen molar-refractivity contribution in [2.75, 3.05) is 12.3 Å². The van der Waals surface area contributed by atoms with Crippen LogP contribution in [0.1, 0.15) is 38.2 Å². The smallest absolute Gasteiger partial charge is 0.223 e. The van der Waals surface area contributed by atoms with Gasteiger partial charge in [0, 0.05) is 31.4 Å². The standard InChI is InChI=1S/C16H25N3O3S/c1-2-23(21,22)19-12-13-5-7-15(8-6-13)16(20)18-11-14-4-3-9-17-10-14/h3-4,9-10,13,15,19H,2,5-8,11-12H2,1H3,(H,18,20). The second kappa shape index (κ2) is 8.40. The number of pyridine rings is 1. The molecule has 1 fully saturated rings. The highest BCUT2D eigenvalue weighted by molar-refractivity contribution is 7.89. The number of carbonyl (C=O) groups is 1. The lowest BCUT2D eigenvalue weighted by Crippen LogP contribution is -2.36. The van der Waals surface area contributed by atoms with Gasteiger partial charge in [0.25, 0.3) is 0 Å². The van der Waals surface area contributed by atoms with Crippen LogP contribution in [0.25, 0.3) is 0 Å². The molecule has 2 N–H and O–H groups in total. The summed E-state index contributed by atoms with van der Waals surface area (Å²) < 4.78 is 25.5. The molecule has 1 aromatic heterocycles. The van der Waals surface area contributed by atoms with Crippen LogP contribution in [0.2, 0.25) is 0 Å². The highest BCUT2D eigenvalue weighted by Gasteiger charge is 2.26. The summed E-state index contributed by atoms with van der Waals surface area (Å²) in [7, 11) is -3.12. The number of carbonyl (C=O) groups excluding carboxylic acids is 1. The van der Waals surface area contributed by atoms with E-state index in [0.29, 0.717) is 19.0 Å². The zero-order chi connectivity index (χ0) is 16.7. The minimum Gasteiger partial charge on any atom is -0.352 e. The molecule has 0 aliphatic heterocycles. The largest absolute Gasteiger partial charge is 0.352 e. The molecule has 0 unspecified atom stereocenters. The second-order valence-corrected chi connectivity index (χ2v) is 8.14. The Morgan fingerprint density at radius 3 is 2.65 bits per heavy atom. The maximum atomic E-state index is 12.2. The molecule has 1 amide bonds. The Morgan fingerprint density at radius 1 is 1.30 bits per heavy atom. The van der Waals surface area contributed by atoms with E-state index in [2.05, 4.69) is 15.0 Å². The summed E-state index contributed by atoms with van der Waals surface area (Å²) in [5, 5.41) is 2.96. The maximum Gasteiger partial charge on any atom is 0.223 e. The van der Waals surface area contributed by atoms with Gasteiger partial charge in [0.05, 0.1) is 5.75 Å². The summed E-state index contributed by atoms with van der Waals surface area (Å²) in [4.78, 5) is 16.2. The average Bonchev–Trinajstić information content (AvgIpc) is 2.59.